The molecule has 0 bridgehead atoms. The summed E-state index contributed by atoms with van der Waals surface area (Å²) < 4.78 is 0.922. The molecule has 0 aromatic heterocycles. The number of rotatable bonds is 9. The van der Waals surface area contributed by atoms with Crippen molar-refractivity contribution in [3.63, 3.8) is 0 Å². The van der Waals surface area contributed by atoms with Gasteiger partial charge >= 0.3 is 0 Å². The molecule has 0 amide bonds. The van der Waals surface area contributed by atoms with Gasteiger partial charge in [-0.1, -0.05) is 49.8 Å². The van der Waals surface area contributed by atoms with Gasteiger partial charge in [0.15, 0.2) is 0 Å². The first-order chi connectivity index (χ1) is 7.11. The highest BCUT2D eigenvalue weighted by molar-refractivity contribution is 14.1. The molecule has 0 fully saturated rings. The third-order valence-corrected chi connectivity index (χ3v) is 4.15. The van der Waals surface area contributed by atoms with Crippen molar-refractivity contribution >= 4 is 28.4 Å². The lowest BCUT2D eigenvalue weighted by Crippen LogP contribution is -2.28. The Morgan fingerprint density at radius 1 is 1.40 bits per heavy atom. The molecule has 0 aliphatic carbocycles. The molecule has 0 radical (unpaired) electrons. The van der Waals surface area contributed by atoms with Gasteiger partial charge in [-0.3, -0.25) is 4.79 Å². The zero-order chi connectivity index (χ0) is 11.7. The van der Waals surface area contributed by atoms with E-state index in [0.717, 1.165) is 16.9 Å². The highest BCUT2D eigenvalue weighted by atomic mass is 127. The predicted octanol–water partition coefficient (Wildman–Crippen LogP) is 3.04. The van der Waals surface area contributed by atoms with E-state index in [9.17, 15) is 4.79 Å². The van der Waals surface area contributed by atoms with Crippen LogP contribution in [0.3, 0.4) is 0 Å². The lowest BCUT2D eigenvalue weighted by Gasteiger charge is -2.10. The van der Waals surface area contributed by atoms with Crippen LogP contribution in [0.2, 0.25) is 0 Å². The minimum Gasteiger partial charge on any atom is -0.310 e. The van der Waals surface area contributed by atoms with Crippen LogP contribution in [-0.4, -0.2) is 23.3 Å². The van der Waals surface area contributed by atoms with E-state index in [-0.39, 0.29) is 5.92 Å². The summed E-state index contributed by atoms with van der Waals surface area (Å²) in [5.41, 5.74) is 0. The average Bonchev–Trinajstić information content (AvgIpc) is 2.26. The maximum Gasteiger partial charge on any atom is 0.150 e. The monoisotopic (exact) mass is 325 g/mol. The fourth-order valence-corrected chi connectivity index (χ4v) is 1.74. The van der Waals surface area contributed by atoms with Gasteiger partial charge in [0.05, 0.1) is 6.54 Å². The summed E-state index contributed by atoms with van der Waals surface area (Å²) in [7, 11) is 0. The quantitative estimate of drug-likeness (QED) is 0.401. The number of ketones is 1. The Morgan fingerprint density at radius 2 is 2.07 bits per heavy atom. The molecule has 0 rings (SSSR count). The average molecular weight is 325 g/mol. The first-order valence-corrected chi connectivity index (χ1v) is 7.43. The molecule has 0 saturated heterocycles. The molecule has 0 aliphatic heterocycles. The number of hydrogen-bond donors (Lipinski definition) is 1. The highest BCUT2D eigenvalue weighted by Gasteiger charge is 2.09. The lowest BCUT2D eigenvalue weighted by molar-refractivity contribution is -0.120. The van der Waals surface area contributed by atoms with Crippen LogP contribution in [0.25, 0.3) is 0 Å². The minimum atomic E-state index is 0.202. The molecule has 15 heavy (non-hydrogen) atoms. The fourth-order valence-electron chi connectivity index (χ4n) is 1.25. The van der Waals surface area contributed by atoms with Gasteiger partial charge in [0.1, 0.15) is 5.78 Å². The standard InChI is InChI=1S/C12H24INO/c1-4-10(2)6-5-7-14-9-12(15)11(3)8-13/h10-11,14H,4-9H2,1-3H3. The Labute approximate surface area is 108 Å². The van der Waals surface area contributed by atoms with Crippen molar-refractivity contribution in [2.45, 2.75) is 40.0 Å². The zero-order valence-corrected chi connectivity index (χ0v) is 12.3. The van der Waals surface area contributed by atoms with E-state index in [4.69, 9.17) is 0 Å². The van der Waals surface area contributed by atoms with Gasteiger partial charge in [0, 0.05) is 10.3 Å². The number of carbonyl (C=O) groups excluding carboxylic acids is 1. The van der Waals surface area contributed by atoms with E-state index >= 15 is 0 Å². The second-order valence-electron chi connectivity index (χ2n) is 4.35. The van der Waals surface area contributed by atoms with Crippen molar-refractivity contribution in [3.05, 3.63) is 0 Å². The van der Waals surface area contributed by atoms with Crippen molar-refractivity contribution in [3.8, 4) is 0 Å². The Kier molecular flexibility index (Phi) is 9.81. The topological polar surface area (TPSA) is 29.1 Å². The van der Waals surface area contributed by atoms with Crippen molar-refractivity contribution < 1.29 is 4.79 Å². The zero-order valence-electron chi connectivity index (χ0n) is 10.2. The predicted molar refractivity (Wildman–Crippen MR) is 74.6 cm³/mol. The minimum absolute atomic E-state index is 0.202. The summed E-state index contributed by atoms with van der Waals surface area (Å²) in [6.07, 6.45) is 3.70. The normalized spacial score (nSPS) is 14.9. The maximum atomic E-state index is 11.5. The number of halogens is 1. The van der Waals surface area contributed by atoms with Crippen molar-refractivity contribution in [1.82, 2.24) is 5.32 Å². The highest BCUT2D eigenvalue weighted by Crippen LogP contribution is 2.08. The largest absolute Gasteiger partial charge is 0.310 e. The number of hydrogen-bond acceptors (Lipinski definition) is 2. The maximum absolute atomic E-state index is 11.5. The number of nitrogens with one attached hydrogen (secondary N) is 1. The van der Waals surface area contributed by atoms with Gasteiger partial charge in [0.25, 0.3) is 0 Å². The second kappa shape index (κ2) is 9.58. The number of carbonyl (C=O) groups is 1. The summed E-state index contributed by atoms with van der Waals surface area (Å²) in [5, 5.41) is 3.23. The molecule has 1 N–H and O–H groups in total. The summed E-state index contributed by atoms with van der Waals surface area (Å²) in [6.45, 7) is 8.03. The van der Waals surface area contributed by atoms with Crippen LogP contribution >= 0.6 is 22.6 Å². The van der Waals surface area contributed by atoms with E-state index in [2.05, 4.69) is 41.8 Å². The van der Waals surface area contributed by atoms with Gasteiger partial charge in [-0.2, -0.15) is 0 Å². The molecule has 0 heterocycles. The van der Waals surface area contributed by atoms with Crippen LogP contribution in [0.5, 0.6) is 0 Å². The van der Waals surface area contributed by atoms with E-state index < -0.39 is 0 Å². The summed E-state index contributed by atoms with van der Waals surface area (Å²) in [6, 6.07) is 0. The molecule has 90 valence electrons. The van der Waals surface area contributed by atoms with E-state index in [1.807, 2.05) is 6.92 Å². The molecule has 0 aromatic carbocycles. The van der Waals surface area contributed by atoms with Gasteiger partial charge in [-0.25, -0.2) is 0 Å². The lowest BCUT2D eigenvalue weighted by atomic mass is 10.0. The molecule has 0 spiro atoms. The fraction of sp³-hybridized carbons (Fsp3) is 0.917. The molecule has 0 aromatic rings. The first-order valence-electron chi connectivity index (χ1n) is 5.91. The van der Waals surface area contributed by atoms with Crippen molar-refractivity contribution in [1.29, 1.82) is 0 Å². The number of Topliss-reactive ketones (excluding diaryl/α,β-unsaturated/α-hetero) is 1. The third-order valence-electron chi connectivity index (χ3n) is 2.83. The summed E-state index contributed by atoms with van der Waals surface area (Å²) in [5.74, 6) is 1.36. The molecule has 2 unspecified atom stereocenters. The molecule has 0 saturated carbocycles. The Bertz CT molecular complexity index is 173. The van der Waals surface area contributed by atoms with E-state index in [1.165, 1.54) is 19.3 Å². The summed E-state index contributed by atoms with van der Waals surface area (Å²) >= 11 is 2.26. The Hall–Kier alpha value is 0.360. The SMILES string of the molecule is CCC(C)CCCNCC(=O)C(C)CI. The number of alkyl halides is 1. The molecule has 2 atom stereocenters. The summed E-state index contributed by atoms with van der Waals surface area (Å²) in [4.78, 5) is 11.5. The Balaban J connectivity index is 3.35. The third kappa shape index (κ3) is 8.20. The van der Waals surface area contributed by atoms with Crippen LogP contribution in [0.4, 0.5) is 0 Å². The van der Waals surface area contributed by atoms with Crippen LogP contribution in [-0.2, 0) is 4.79 Å². The molecule has 3 heteroatoms. The van der Waals surface area contributed by atoms with Crippen LogP contribution in [0.15, 0.2) is 0 Å². The molecule has 0 aliphatic rings. The van der Waals surface area contributed by atoms with E-state index in [0.29, 0.717) is 12.3 Å². The molecular formula is C12H24INO. The van der Waals surface area contributed by atoms with Crippen molar-refractivity contribution in [2.24, 2.45) is 11.8 Å². The van der Waals surface area contributed by atoms with Gasteiger partial charge in [0.2, 0.25) is 0 Å². The van der Waals surface area contributed by atoms with Crippen LogP contribution < -0.4 is 5.32 Å². The van der Waals surface area contributed by atoms with Crippen LogP contribution in [0, 0.1) is 11.8 Å². The first kappa shape index (κ1) is 15.4. The van der Waals surface area contributed by atoms with Crippen molar-refractivity contribution in [2.75, 3.05) is 17.5 Å². The Morgan fingerprint density at radius 3 is 2.60 bits per heavy atom. The van der Waals surface area contributed by atoms with Crippen LogP contribution in [0.1, 0.15) is 40.0 Å². The molecular weight excluding hydrogens is 301 g/mol. The van der Waals surface area contributed by atoms with Gasteiger partial charge in [-0.05, 0) is 25.3 Å². The second-order valence-corrected chi connectivity index (χ2v) is 5.23. The molecule has 2 nitrogen and oxygen atoms in total. The van der Waals surface area contributed by atoms with E-state index in [1.54, 1.807) is 0 Å². The van der Waals surface area contributed by atoms with Gasteiger partial charge < -0.3 is 5.32 Å². The smallest absolute Gasteiger partial charge is 0.150 e. The van der Waals surface area contributed by atoms with Gasteiger partial charge in [-0.15, -0.1) is 0 Å².